The van der Waals surface area contributed by atoms with Crippen molar-refractivity contribution in [1.29, 1.82) is 0 Å². The number of para-hydroxylation sites is 1. The molecular weight excluding hydrogens is 305 g/mol. The Bertz CT molecular complexity index is 762. The average molecular weight is 320 g/mol. The number of nitrogens with one attached hydrogen (secondary N) is 1. The van der Waals surface area contributed by atoms with Crippen molar-refractivity contribution in [2.75, 3.05) is 5.32 Å². The first-order valence-corrected chi connectivity index (χ1v) is 7.51. The van der Waals surface area contributed by atoms with E-state index in [4.69, 9.17) is 27.6 Å². The third kappa shape index (κ3) is 2.87. The third-order valence-electron chi connectivity index (χ3n) is 3.49. The molecule has 3 aromatic rings. The zero-order valence-corrected chi connectivity index (χ0v) is 13.3. The Morgan fingerprint density at radius 3 is 2.57 bits per heavy atom. The molecule has 1 aromatic heterocycles. The molecule has 1 unspecified atom stereocenters. The number of anilines is 1. The summed E-state index contributed by atoms with van der Waals surface area (Å²) in [5.74, 6) is 0.865. The van der Waals surface area contributed by atoms with E-state index < -0.39 is 0 Å². The van der Waals surface area contributed by atoms with E-state index in [1.807, 2.05) is 56.3 Å². The van der Waals surface area contributed by atoms with Crippen molar-refractivity contribution < 1.29 is 4.42 Å². The summed E-state index contributed by atoms with van der Waals surface area (Å²) >= 11 is 12.4. The van der Waals surface area contributed by atoms with Gasteiger partial charge in [-0.3, -0.25) is 0 Å². The highest BCUT2D eigenvalue weighted by molar-refractivity contribution is 6.35. The molecule has 1 atom stereocenters. The van der Waals surface area contributed by atoms with Gasteiger partial charge in [-0.05, 0) is 43.7 Å². The lowest BCUT2D eigenvalue weighted by atomic mass is 10.2. The molecule has 0 bridgehead atoms. The quantitative estimate of drug-likeness (QED) is 0.619. The Labute approximate surface area is 133 Å². The van der Waals surface area contributed by atoms with E-state index >= 15 is 0 Å². The summed E-state index contributed by atoms with van der Waals surface area (Å²) in [6.07, 6.45) is 0. The molecule has 2 nitrogen and oxygen atoms in total. The van der Waals surface area contributed by atoms with Crippen molar-refractivity contribution in [2.24, 2.45) is 0 Å². The maximum atomic E-state index is 6.26. The van der Waals surface area contributed by atoms with Crippen LogP contribution in [0.4, 0.5) is 5.69 Å². The van der Waals surface area contributed by atoms with Gasteiger partial charge in [-0.2, -0.15) is 0 Å². The van der Waals surface area contributed by atoms with Crippen molar-refractivity contribution in [3.05, 3.63) is 63.8 Å². The first-order valence-electron chi connectivity index (χ1n) is 6.75. The minimum Gasteiger partial charge on any atom is -0.459 e. The Kier molecular flexibility index (Phi) is 3.83. The Balaban J connectivity index is 1.89. The summed E-state index contributed by atoms with van der Waals surface area (Å²) in [7, 11) is 0. The molecule has 0 aliphatic heterocycles. The van der Waals surface area contributed by atoms with Gasteiger partial charge in [-0.15, -0.1) is 0 Å². The molecule has 3 rings (SSSR count). The van der Waals surface area contributed by atoms with Gasteiger partial charge in [-0.25, -0.2) is 0 Å². The Hall–Kier alpha value is -1.64. The van der Waals surface area contributed by atoms with E-state index in [0.29, 0.717) is 10.0 Å². The fourth-order valence-corrected chi connectivity index (χ4v) is 2.71. The second kappa shape index (κ2) is 5.63. The van der Waals surface area contributed by atoms with Crippen molar-refractivity contribution in [1.82, 2.24) is 0 Å². The normalized spacial score (nSPS) is 12.6. The lowest BCUT2D eigenvalue weighted by Gasteiger charge is -2.15. The second-order valence-corrected chi connectivity index (χ2v) is 5.95. The fraction of sp³-hybridized carbons (Fsp3) is 0.176. The molecule has 0 saturated carbocycles. The number of hydrogen-bond acceptors (Lipinski definition) is 2. The number of furan rings is 1. The topological polar surface area (TPSA) is 25.2 Å². The van der Waals surface area contributed by atoms with Crippen LogP contribution in [0.2, 0.25) is 10.0 Å². The lowest BCUT2D eigenvalue weighted by molar-refractivity contribution is 0.526. The molecule has 0 fully saturated rings. The van der Waals surface area contributed by atoms with Crippen LogP contribution in [-0.2, 0) is 0 Å². The van der Waals surface area contributed by atoms with Gasteiger partial charge in [0, 0.05) is 10.4 Å². The van der Waals surface area contributed by atoms with Crippen LogP contribution >= 0.6 is 23.2 Å². The van der Waals surface area contributed by atoms with Crippen molar-refractivity contribution >= 4 is 39.9 Å². The van der Waals surface area contributed by atoms with Gasteiger partial charge < -0.3 is 9.73 Å². The minimum absolute atomic E-state index is 0.00586. The maximum absolute atomic E-state index is 6.26. The highest BCUT2D eigenvalue weighted by atomic mass is 35.5. The average Bonchev–Trinajstić information content (AvgIpc) is 2.88. The molecule has 1 N–H and O–H groups in total. The second-order valence-electron chi connectivity index (χ2n) is 5.13. The lowest BCUT2D eigenvalue weighted by Crippen LogP contribution is -2.06. The Morgan fingerprint density at radius 1 is 1.05 bits per heavy atom. The number of benzene rings is 2. The molecule has 4 heteroatoms. The third-order valence-corrected chi connectivity index (χ3v) is 4.21. The predicted molar refractivity (Wildman–Crippen MR) is 89.5 cm³/mol. The largest absolute Gasteiger partial charge is 0.459 e. The molecule has 0 aliphatic carbocycles. The number of rotatable bonds is 3. The van der Waals surface area contributed by atoms with Crippen molar-refractivity contribution in [2.45, 2.75) is 19.9 Å². The standard InChI is InChI=1S/C17H15Cl2NO/c1-10-7-14(19)15(9-13(10)18)20-11(2)17-8-12-5-3-4-6-16(12)21-17/h3-9,11,20H,1-2H3. The number of halogens is 2. The van der Waals surface area contributed by atoms with E-state index in [2.05, 4.69) is 5.32 Å². The van der Waals surface area contributed by atoms with Crippen LogP contribution in [0.25, 0.3) is 11.0 Å². The fourth-order valence-electron chi connectivity index (χ4n) is 2.28. The molecule has 1 heterocycles. The van der Waals surface area contributed by atoms with Crippen LogP contribution < -0.4 is 5.32 Å². The van der Waals surface area contributed by atoms with Crippen LogP contribution in [0.15, 0.2) is 46.9 Å². The molecule has 108 valence electrons. The summed E-state index contributed by atoms with van der Waals surface area (Å²) in [6.45, 7) is 3.96. The van der Waals surface area contributed by atoms with Gasteiger partial charge in [0.15, 0.2) is 0 Å². The summed E-state index contributed by atoms with van der Waals surface area (Å²) < 4.78 is 5.86. The maximum Gasteiger partial charge on any atom is 0.134 e. The summed E-state index contributed by atoms with van der Waals surface area (Å²) in [6, 6.07) is 13.7. The molecule has 2 aromatic carbocycles. The predicted octanol–water partition coefficient (Wildman–Crippen LogP) is 6.22. The Morgan fingerprint density at radius 2 is 1.81 bits per heavy atom. The summed E-state index contributed by atoms with van der Waals surface area (Å²) in [4.78, 5) is 0. The zero-order valence-electron chi connectivity index (χ0n) is 11.8. The minimum atomic E-state index is -0.00586. The first-order chi connectivity index (χ1) is 10.0. The summed E-state index contributed by atoms with van der Waals surface area (Å²) in [5, 5.41) is 5.78. The van der Waals surface area contributed by atoms with Crippen LogP contribution in [0.1, 0.15) is 24.3 Å². The first kappa shape index (κ1) is 14.3. The van der Waals surface area contributed by atoms with E-state index in [1.165, 1.54) is 0 Å². The number of hydrogen-bond donors (Lipinski definition) is 1. The molecule has 0 spiro atoms. The monoisotopic (exact) mass is 319 g/mol. The van der Waals surface area contributed by atoms with Gasteiger partial charge in [0.2, 0.25) is 0 Å². The van der Waals surface area contributed by atoms with Gasteiger partial charge in [0.1, 0.15) is 11.3 Å². The molecule has 0 saturated heterocycles. The molecule has 0 radical (unpaired) electrons. The summed E-state index contributed by atoms with van der Waals surface area (Å²) in [5.41, 5.74) is 2.65. The van der Waals surface area contributed by atoms with Gasteiger partial charge in [0.05, 0.1) is 16.8 Å². The van der Waals surface area contributed by atoms with Crippen molar-refractivity contribution in [3.63, 3.8) is 0 Å². The number of aryl methyl sites for hydroxylation is 1. The van der Waals surface area contributed by atoms with E-state index in [0.717, 1.165) is 28.0 Å². The van der Waals surface area contributed by atoms with E-state index in [1.54, 1.807) is 0 Å². The van der Waals surface area contributed by atoms with E-state index in [-0.39, 0.29) is 6.04 Å². The van der Waals surface area contributed by atoms with Gasteiger partial charge >= 0.3 is 0 Å². The van der Waals surface area contributed by atoms with Crippen LogP contribution in [0.5, 0.6) is 0 Å². The van der Waals surface area contributed by atoms with Crippen LogP contribution in [-0.4, -0.2) is 0 Å². The van der Waals surface area contributed by atoms with Crippen LogP contribution in [0.3, 0.4) is 0 Å². The van der Waals surface area contributed by atoms with Crippen molar-refractivity contribution in [3.8, 4) is 0 Å². The highest BCUT2D eigenvalue weighted by Crippen LogP contribution is 2.32. The SMILES string of the molecule is Cc1cc(Cl)c(NC(C)c2cc3ccccc3o2)cc1Cl. The molecule has 0 aliphatic rings. The highest BCUT2D eigenvalue weighted by Gasteiger charge is 2.13. The smallest absolute Gasteiger partial charge is 0.134 e. The van der Waals surface area contributed by atoms with Gasteiger partial charge in [-0.1, -0.05) is 41.4 Å². The van der Waals surface area contributed by atoms with Crippen LogP contribution in [0, 0.1) is 6.92 Å². The molecule has 0 amide bonds. The number of fused-ring (bicyclic) bond motifs is 1. The molecule has 21 heavy (non-hydrogen) atoms. The van der Waals surface area contributed by atoms with E-state index in [9.17, 15) is 0 Å². The zero-order chi connectivity index (χ0) is 15.0. The molecular formula is C17H15Cl2NO. The van der Waals surface area contributed by atoms with Gasteiger partial charge in [0.25, 0.3) is 0 Å².